The molecule has 14 aromatic rings. The minimum absolute atomic E-state index is 0. The van der Waals surface area contributed by atoms with Crippen molar-refractivity contribution in [2.75, 3.05) is 0 Å². The predicted octanol–water partition coefficient (Wildman–Crippen LogP) is 12.5. The number of rotatable bonds is 6. The molecule has 0 fully saturated rings. The van der Waals surface area contributed by atoms with Gasteiger partial charge in [-0.1, -0.05) is 103 Å². The number of para-hydroxylation sites is 8. The molecule has 10 heteroatoms. The number of furan rings is 1. The van der Waals surface area contributed by atoms with E-state index in [1.165, 1.54) is 10.8 Å². The van der Waals surface area contributed by atoms with Crippen LogP contribution in [0.3, 0.4) is 0 Å². The summed E-state index contributed by atoms with van der Waals surface area (Å²) in [6, 6.07) is 67.6. The maximum absolute atomic E-state index is 6.66. The summed E-state index contributed by atoms with van der Waals surface area (Å²) >= 11 is 0. The zero-order chi connectivity index (χ0) is 42.8. The van der Waals surface area contributed by atoms with Crippen LogP contribution in [0.5, 0.6) is 11.5 Å². The summed E-state index contributed by atoms with van der Waals surface area (Å²) in [6.45, 7) is 2.09. The molecule has 0 amide bonds. The largest absolute Gasteiger partial charge is 0.510 e. The van der Waals surface area contributed by atoms with E-state index >= 15 is 0 Å². The summed E-state index contributed by atoms with van der Waals surface area (Å²) in [5.41, 5.74) is 13.4. The van der Waals surface area contributed by atoms with E-state index in [1.807, 2.05) is 47.0 Å². The number of aryl methyl sites for hydroxylation is 1. The van der Waals surface area contributed by atoms with Crippen molar-refractivity contribution in [3.05, 3.63) is 206 Å². The number of aromatic nitrogens is 7. The second-order valence-corrected chi connectivity index (χ2v) is 16.3. The maximum atomic E-state index is 6.66. The van der Waals surface area contributed by atoms with Gasteiger partial charge in [0.05, 0.1) is 50.7 Å². The molecule has 0 saturated carbocycles. The first kappa shape index (κ1) is 38.2. The Morgan fingerprint density at radius 3 is 2.12 bits per heavy atom. The van der Waals surface area contributed by atoms with Gasteiger partial charge in [0.2, 0.25) is 5.78 Å². The number of fused-ring (bicyclic) bond motifs is 12. The molecule has 14 rings (SSSR count). The van der Waals surface area contributed by atoms with Crippen LogP contribution in [0.4, 0.5) is 0 Å². The molecule has 9 nitrogen and oxygen atoms in total. The minimum atomic E-state index is 0. The standard InChI is InChI=1S/C56H33N7O2.Pt/c1-35-14-12-26-50-55(35)58-56-62(50)49-29-28-38(31-51(49)63(56)54-32-42-41-19-4-11-27-52(41)65-53(42)33-57-54)64-37-16-13-15-36(30-37)59-34-60(46-23-8-7-22-45(46)59)47-24-9-10-25-48(47)61-43-20-5-2-17-39(43)40-18-3-6-21-44(40)61;/h2-29,32-33H,1H3;/q-2;. The zero-order valence-corrected chi connectivity index (χ0v) is 37.4. The van der Waals surface area contributed by atoms with Crippen molar-refractivity contribution in [1.82, 2.24) is 28.1 Å². The van der Waals surface area contributed by atoms with E-state index in [2.05, 4.69) is 177 Å². The molecule has 0 atom stereocenters. The van der Waals surface area contributed by atoms with Crippen LogP contribution in [0.1, 0.15) is 5.56 Å². The van der Waals surface area contributed by atoms with E-state index in [-0.39, 0.29) is 21.1 Å². The molecule has 0 spiro atoms. The van der Waals surface area contributed by atoms with E-state index in [0.717, 1.165) is 94.5 Å². The first-order chi connectivity index (χ1) is 32.1. The van der Waals surface area contributed by atoms with Crippen molar-refractivity contribution in [2.24, 2.45) is 0 Å². The molecule has 0 unspecified atom stereocenters. The Morgan fingerprint density at radius 1 is 0.576 bits per heavy atom. The third kappa shape index (κ3) is 5.60. The van der Waals surface area contributed by atoms with Crippen molar-refractivity contribution in [3.63, 3.8) is 0 Å². The number of pyridine rings is 1. The molecule has 0 aliphatic carbocycles. The zero-order valence-electron chi connectivity index (χ0n) is 35.1. The van der Waals surface area contributed by atoms with Crippen LogP contribution in [0.25, 0.3) is 106 Å². The van der Waals surface area contributed by atoms with Gasteiger partial charge in [0.15, 0.2) is 5.58 Å². The van der Waals surface area contributed by atoms with Crippen LogP contribution in [0, 0.1) is 25.4 Å². The van der Waals surface area contributed by atoms with Crippen molar-refractivity contribution >= 4 is 82.6 Å². The van der Waals surface area contributed by atoms with Crippen molar-refractivity contribution in [3.8, 4) is 34.4 Å². The molecule has 0 saturated heterocycles. The maximum Gasteiger partial charge on any atom is 0.268 e. The van der Waals surface area contributed by atoms with Crippen LogP contribution < -0.4 is 9.30 Å². The van der Waals surface area contributed by atoms with Gasteiger partial charge in [0, 0.05) is 54.1 Å². The normalized spacial score (nSPS) is 11.9. The van der Waals surface area contributed by atoms with Gasteiger partial charge < -0.3 is 22.7 Å². The third-order valence-corrected chi connectivity index (χ3v) is 12.6. The monoisotopic (exact) mass is 1030 g/mol. The molecule has 0 aliphatic heterocycles. The summed E-state index contributed by atoms with van der Waals surface area (Å²) in [4.78, 5) is 10.1. The Hall–Kier alpha value is -8.26. The molecule has 0 bridgehead atoms. The molecule has 6 aromatic heterocycles. The third-order valence-electron chi connectivity index (χ3n) is 12.6. The summed E-state index contributed by atoms with van der Waals surface area (Å²) in [6.07, 6.45) is 5.50. The number of nitrogens with zero attached hydrogens (tertiary/aromatic N) is 7. The fourth-order valence-electron chi connectivity index (χ4n) is 9.73. The summed E-state index contributed by atoms with van der Waals surface area (Å²) in [5, 5.41) is 4.43. The van der Waals surface area contributed by atoms with Crippen LogP contribution in [0.15, 0.2) is 187 Å². The number of ether oxygens (including phenoxy) is 1. The van der Waals surface area contributed by atoms with Crippen LogP contribution in [-0.4, -0.2) is 28.1 Å². The fraction of sp³-hybridized carbons (Fsp3) is 0.0179. The molecule has 0 N–H and O–H groups in total. The number of imidazole rings is 3. The van der Waals surface area contributed by atoms with Gasteiger partial charge in [0.25, 0.3) is 6.33 Å². The molecular weight excluding hydrogens is 998 g/mol. The van der Waals surface area contributed by atoms with E-state index < -0.39 is 0 Å². The van der Waals surface area contributed by atoms with Gasteiger partial charge in [-0.2, -0.15) is 12.1 Å². The fourth-order valence-corrected chi connectivity index (χ4v) is 9.73. The van der Waals surface area contributed by atoms with E-state index in [0.29, 0.717) is 17.3 Å². The predicted molar refractivity (Wildman–Crippen MR) is 255 cm³/mol. The Balaban J connectivity index is 0.00000435. The first-order valence-electron chi connectivity index (χ1n) is 21.5. The topological polar surface area (TPSA) is 71.2 Å². The van der Waals surface area contributed by atoms with Gasteiger partial charge >= 0.3 is 0 Å². The smallest absolute Gasteiger partial charge is 0.268 e. The number of benzene rings is 8. The van der Waals surface area contributed by atoms with E-state index in [1.54, 1.807) is 6.20 Å². The SMILES string of the molecule is Cc1cccc2c1nc1n(-c3cc4c(cn3)oc3ccccc34)c3[c-]c(Oc4[c-]c(-n5[c-][n+](-c6ccccc6-n6c7ccccc7c7ccccc76)c6ccccc65)ccc4)ccc3n21.[Pt]. The van der Waals surface area contributed by atoms with Crippen LogP contribution in [0.2, 0.25) is 0 Å². The summed E-state index contributed by atoms with van der Waals surface area (Å²) in [7, 11) is 0. The number of hydrogen-bond donors (Lipinski definition) is 0. The van der Waals surface area contributed by atoms with Gasteiger partial charge in [-0.15, -0.1) is 30.3 Å². The Morgan fingerprint density at radius 2 is 1.27 bits per heavy atom. The van der Waals surface area contributed by atoms with E-state index in [4.69, 9.17) is 19.1 Å². The van der Waals surface area contributed by atoms with Crippen molar-refractivity contribution in [1.29, 1.82) is 0 Å². The second-order valence-electron chi connectivity index (χ2n) is 16.3. The Labute approximate surface area is 390 Å². The second kappa shape index (κ2) is 14.6. The number of hydrogen-bond acceptors (Lipinski definition) is 4. The van der Waals surface area contributed by atoms with Gasteiger partial charge in [0.1, 0.15) is 11.4 Å². The van der Waals surface area contributed by atoms with Crippen LogP contribution >= 0.6 is 0 Å². The van der Waals surface area contributed by atoms with Gasteiger partial charge in [-0.3, -0.25) is 9.13 Å². The average Bonchev–Trinajstić information content (AvgIpc) is 4.16. The van der Waals surface area contributed by atoms with Gasteiger partial charge in [-0.05, 0) is 71.7 Å². The molecule has 0 aliphatic rings. The summed E-state index contributed by atoms with van der Waals surface area (Å²) < 4.78 is 23.6. The van der Waals surface area contributed by atoms with Crippen molar-refractivity contribution in [2.45, 2.75) is 6.92 Å². The summed E-state index contributed by atoms with van der Waals surface area (Å²) in [5.74, 6) is 2.49. The van der Waals surface area contributed by atoms with E-state index in [9.17, 15) is 0 Å². The Bertz CT molecular complexity index is 4210. The average molecular weight is 1030 g/mol. The first-order valence-corrected chi connectivity index (χ1v) is 21.5. The quantitative estimate of drug-likeness (QED) is 0.123. The minimum Gasteiger partial charge on any atom is -0.510 e. The van der Waals surface area contributed by atoms with Gasteiger partial charge in [-0.25, -0.2) is 9.97 Å². The molecule has 6 heterocycles. The Kier molecular flexibility index (Phi) is 8.48. The van der Waals surface area contributed by atoms with Crippen LogP contribution in [-0.2, 0) is 21.1 Å². The molecule has 8 aromatic carbocycles. The molecular formula is C56H33N7O2Pt-2. The molecule has 0 radical (unpaired) electrons. The molecule has 316 valence electrons. The van der Waals surface area contributed by atoms with Crippen molar-refractivity contribution < 1.29 is 34.8 Å². The molecule has 66 heavy (non-hydrogen) atoms.